The zero-order chi connectivity index (χ0) is 15.4. The standard InChI is InChI=1S/C15H19N5O2/c1-2-22-9-12-6-19(8-13-5-17-11-20(13)7-12)15(21)14-3-4-16-10-18-14/h3-5,10-12H,2,6-9H2,1H3/t12-/m0/s1. The van der Waals surface area contributed by atoms with Gasteiger partial charge in [-0.25, -0.2) is 15.0 Å². The fraction of sp³-hybridized carbons (Fsp3) is 0.467. The SMILES string of the molecule is CCOC[C@H]1CN(C(=O)c2ccncn2)Cc2cncn2C1. The van der Waals surface area contributed by atoms with Crippen LogP contribution in [0.2, 0.25) is 0 Å². The lowest BCUT2D eigenvalue weighted by atomic mass is 10.1. The third kappa shape index (κ3) is 3.14. The molecule has 0 saturated heterocycles. The van der Waals surface area contributed by atoms with Gasteiger partial charge in [0.15, 0.2) is 0 Å². The fourth-order valence-electron chi connectivity index (χ4n) is 2.68. The molecule has 2 aromatic heterocycles. The third-order valence-electron chi connectivity index (χ3n) is 3.73. The Bertz CT molecular complexity index is 628. The summed E-state index contributed by atoms with van der Waals surface area (Å²) < 4.78 is 7.65. The molecule has 1 aliphatic heterocycles. The smallest absolute Gasteiger partial charge is 0.272 e. The molecular weight excluding hydrogens is 282 g/mol. The lowest BCUT2D eigenvalue weighted by Gasteiger charge is -2.23. The Balaban J connectivity index is 1.82. The van der Waals surface area contributed by atoms with Gasteiger partial charge in [-0.1, -0.05) is 0 Å². The second kappa shape index (κ2) is 6.65. The first-order chi connectivity index (χ1) is 10.8. The average Bonchev–Trinajstić information content (AvgIpc) is 2.91. The molecule has 1 atom stereocenters. The van der Waals surface area contributed by atoms with Crippen molar-refractivity contribution in [1.82, 2.24) is 24.4 Å². The van der Waals surface area contributed by atoms with Gasteiger partial charge in [-0.3, -0.25) is 4.79 Å². The maximum absolute atomic E-state index is 12.7. The van der Waals surface area contributed by atoms with E-state index < -0.39 is 0 Å². The van der Waals surface area contributed by atoms with Crippen LogP contribution in [-0.4, -0.2) is 50.1 Å². The molecule has 0 radical (unpaired) electrons. The number of carbonyl (C=O) groups is 1. The number of nitrogens with zero attached hydrogens (tertiary/aromatic N) is 5. The van der Waals surface area contributed by atoms with Crippen LogP contribution in [-0.2, 0) is 17.8 Å². The van der Waals surface area contributed by atoms with E-state index in [9.17, 15) is 4.79 Å². The van der Waals surface area contributed by atoms with Crippen LogP contribution >= 0.6 is 0 Å². The van der Waals surface area contributed by atoms with Crippen molar-refractivity contribution in [1.29, 1.82) is 0 Å². The first-order valence-corrected chi connectivity index (χ1v) is 7.40. The number of imidazole rings is 1. The van der Waals surface area contributed by atoms with Crippen molar-refractivity contribution in [3.05, 3.63) is 42.5 Å². The van der Waals surface area contributed by atoms with Crippen LogP contribution in [0.3, 0.4) is 0 Å². The molecule has 7 heteroatoms. The summed E-state index contributed by atoms with van der Waals surface area (Å²) >= 11 is 0. The first kappa shape index (κ1) is 14.6. The van der Waals surface area contributed by atoms with Crippen molar-refractivity contribution >= 4 is 5.91 Å². The molecule has 0 unspecified atom stereocenters. The molecule has 2 aromatic rings. The molecule has 3 heterocycles. The van der Waals surface area contributed by atoms with Crippen molar-refractivity contribution in [2.45, 2.75) is 20.0 Å². The van der Waals surface area contributed by atoms with E-state index in [1.807, 2.05) is 24.3 Å². The summed E-state index contributed by atoms with van der Waals surface area (Å²) in [6.07, 6.45) is 6.60. The molecule has 3 rings (SSSR count). The molecule has 1 aliphatic rings. The van der Waals surface area contributed by atoms with Gasteiger partial charge in [-0.05, 0) is 13.0 Å². The topological polar surface area (TPSA) is 73.1 Å². The van der Waals surface area contributed by atoms with E-state index in [1.165, 1.54) is 6.33 Å². The predicted molar refractivity (Wildman–Crippen MR) is 79.0 cm³/mol. The molecule has 116 valence electrons. The van der Waals surface area contributed by atoms with Crippen LogP contribution in [0.5, 0.6) is 0 Å². The molecule has 0 fully saturated rings. The van der Waals surface area contributed by atoms with Gasteiger partial charge in [-0.15, -0.1) is 0 Å². The number of fused-ring (bicyclic) bond motifs is 1. The minimum Gasteiger partial charge on any atom is -0.381 e. The highest BCUT2D eigenvalue weighted by Crippen LogP contribution is 2.18. The summed E-state index contributed by atoms with van der Waals surface area (Å²) in [5.41, 5.74) is 1.44. The Hall–Kier alpha value is -2.28. The molecule has 0 N–H and O–H groups in total. The lowest BCUT2D eigenvalue weighted by molar-refractivity contribution is 0.0614. The molecule has 7 nitrogen and oxygen atoms in total. The van der Waals surface area contributed by atoms with Crippen LogP contribution < -0.4 is 0 Å². The summed E-state index contributed by atoms with van der Waals surface area (Å²) in [7, 11) is 0. The highest BCUT2D eigenvalue weighted by molar-refractivity contribution is 5.92. The third-order valence-corrected chi connectivity index (χ3v) is 3.73. The molecule has 0 spiro atoms. The van der Waals surface area contributed by atoms with Gasteiger partial charge in [0.1, 0.15) is 12.0 Å². The summed E-state index contributed by atoms with van der Waals surface area (Å²) in [5, 5.41) is 0. The van der Waals surface area contributed by atoms with E-state index in [1.54, 1.807) is 12.3 Å². The average molecular weight is 301 g/mol. The largest absolute Gasteiger partial charge is 0.381 e. The number of rotatable bonds is 4. The van der Waals surface area contributed by atoms with E-state index in [0.717, 1.165) is 12.2 Å². The number of aromatic nitrogens is 4. The van der Waals surface area contributed by atoms with E-state index in [2.05, 4.69) is 19.5 Å². The van der Waals surface area contributed by atoms with Crippen LogP contribution in [0.4, 0.5) is 0 Å². The van der Waals surface area contributed by atoms with Crippen LogP contribution in [0, 0.1) is 5.92 Å². The van der Waals surface area contributed by atoms with Crippen molar-refractivity contribution in [3.63, 3.8) is 0 Å². The zero-order valence-corrected chi connectivity index (χ0v) is 12.6. The van der Waals surface area contributed by atoms with E-state index in [-0.39, 0.29) is 11.8 Å². The van der Waals surface area contributed by atoms with Crippen LogP contribution in [0.15, 0.2) is 31.1 Å². The Morgan fingerprint density at radius 2 is 2.32 bits per heavy atom. The predicted octanol–water partition coefficient (Wildman–Crippen LogP) is 0.982. The fourth-order valence-corrected chi connectivity index (χ4v) is 2.68. The second-order valence-corrected chi connectivity index (χ2v) is 5.34. The van der Waals surface area contributed by atoms with Crippen molar-refractivity contribution < 1.29 is 9.53 Å². The Kier molecular flexibility index (Phi) is 4.43. The molecule has 1 amide bonds. The van der Waals surface area contributed by atoms with Gasteiger partial charge in [0.05, 0.1) is 25.2 Å². The minimum atomic E-state index is -0.0847. The number of hydrogen-bond donors (Lipinski definition) is 0. The molecule has 0 bridgehead atoms. The lowest BCUT2D eigenvalue weighted by Crippen LogP contribution is -2.35. The summed E-state index contributed by atoms with van der Waals surface area (Å²) in [4.78, 5) is 26.6. The second-order valence-electron chi connectivity index (χ2n) is 5.34. The molecular formula is C15H19N5O2. The van der Waals surface area contributed by atoms with Crippen molar-refractivity contribution in [3.8, 4) is 0 Å². The first-order valence-electron chi connectivity index (χ1n) is 7.40. The number of ether oxygens (including phenoxy) is 1. The summed E-state index contributed by atoms with van der Waals surface area (Å²) in [6, 6.07) is 1.64. The van der Waals surface area contributed by atoms with Gasteiger partial charge in [0, 0.05) is 38.0 Å². The zero-order valence-electron chi connectivity index (χ0n) is 12.6. The Morgan fingerprint density at radius 3 is 3.09 bits per heavy atom. The van der Waals surface area contributed by atoms with E-state index in [0.29, 0.717) is 32.0 Å². The number of amides is 1. The van der Waals surface area contributed by atoms with E-state index >= 15 is 0 Å². The van der Waals surface area contributed by atoms with Gasteiger partial charge < -0.3 is 14.2 Å². The monoisotopic (exact) mass is 301 g/mol. The molecule has 0 saturated carbocycles. The minimum absolute atomic E-state index is 0.0847. The normalized spacial score (nSPS) is 17.9. The molecule has 22 heavy (non-hydrogen) atoms. The number of carbonyl (C=O) groups excluding carboxylic acids is 1. The Labute approximate surface area is 129 Å². The van der Waals surface area contributed by atoms with Crippen molar-refractivity contribution in [2.75, 3.05) is 19.8 Å². The van der Waals surface area contributed by atoms with E-state index in [4.69, 9.17) is 4.74 Å². The highest BCUT2D eigenvalue weighted by atomic mass is 16.5. The number of hydrogen-bond acceptors (Lipinski definition) is 5. The maximum Gasteiger partial charge on any atom is 0.272 e. The van der Waals surface area contributed by atoms with Crippen LogP contribution in [0.1, 0.15) is 23.1 Å². The van der Waals surface area contributed by atoms with Crippen molar-refractivity contribution in [2.24, 2.45) is 5.92 Å². The molecule has 0 aliphatic carbocycles. The van der Waals surface area contributed by atoms with Gasteiger partial charge in [-0.2, -0.15) is 0 Å². The van der Waals surface area contributed by atoms with Gasteiger partial charge in [0.2, 0.25) is 0 Å². The van der Waals surface area contributed by atoms with Gasteiger partial charge in [0.25, 0.3) is 5.91 Å². The quantitative estimate of drug-likeness (QED) is 0.841. The summed E-state index contributed by atoms with van der Waals surface area (Å²) in [5.74, 6) is 0.153. The maximum atomic E-state index is 12.7. The Morgan fingerprint density at radius 1 is 1.41 bits per heavy atom. The van der Waals surface area contributed by atoms with Gasteiger partial charge >= 0.3 is 0 Å². The highest BCUT2D eigenvalue weighted by Gasteiger charge is 2.26. The van der Waals surface area contributed by atoms with Crippen LogP contribution in [0.25, 0.3) is 0 Å². The molecule has 0 aromatic carbocycles. The summed E-state index contributed by atoms with van der Waals surface area (Å²) in [6.45, 7) is 5.26.